The molecule has 103 heavy (non-hydrogen) atoms. The van der Waals surface area contributed by atoms with E-state index in [1.54, 1.807) is 39.8 Å². The van der Waals surface area contributed by atoms with Crippen molar-refractivity contribution in [2.45, 2.75) is 324 Å². The zero-order chi connectivity index (χ0) is 75.7. The van der Waals surface area contributed by atoms with E-state index < -0.39 is 265 Å². The number of aliphatic hydroxyl groups is 16. The Morgan fingerprint density at radius 3 is 1.80 bits per heavy atom. The number of allylic oxidation sites excluding steroid dienone is 2. The number of rotatable bonds is 19. The Morgan fingerprint density at radius 1 is 0.583 bits per heavy atom. The molecule has 33 nitrogen and oxygen atoms in total. The third-order valence-electron chi connectivity index (χ3n) is 26.6. The number of unbranched alkanes of at least 4 members (excludes halogenated alkanes) is 1. The Morgan fingerprint density at radius 2 is 1.17 bits per heavy atom. The highest BCUT2D eigenvalue weighted by Gasteiger charge is 2.86. The van der Waals surface area contributed by atoms with Gasteiger partial charge in [-0.2, -0.15) is 0 Å². The predicted octanol–water partition coefficient (Wildman–Crippen LogP) is -2.76. The van der Waals surface area contributed by atoms with Crippen LogP contribution < -0.4 is 0 Å². The van der Waals surface area contributed by atoms with Gasteiger partial charge in [-0.1, -0.05) is 74.0 Å². The molecule has 6 saturated heterocycles. The number of hydrogen-bond acceptors (Lipinski definition) is 32. The number of carboxylic acid groups (broad SMARTS) is 1. The number of carbonyl (C=O) groups excluding carboxylic acids is 2. The minimum atomic E-state index is -2.46. The van der Waals surface area contributed by atoms with Gasteiger partial charge < -0.3 is 148 Å². The number of carboxylic acids is 1. The Balaban J connectivity index is 0.923. The van der Waals surface area contributed by atoms with Crippen molar-refractivity contribution in [1.29, 1.82) is 0 Å². The Hall–Kier alpha value is -3.19. The molecule has 11 fully saturated rings. The van der Waals surface area contributed by atoms with E-state index in [9.17, 15) is 101 Å². The largest absolute Gasteiger partial charge is 0.479 e. The molecule has 0 aromatic heterocycles. The standard InChI is InChI=1S/C70H110O33/c1-12-14-15-16-37(75)95-54-53(101-56(88)28(3)13-2)63(5,6)23-35-68-20-18-34-65(9)21-22-69(90,64(7,8)33(65)17-19-66(34,10)67(68,11)24-36(74)70(35,54)62(89)103-68)102-61-52(100-58-46(84)42(80)40(78)31(25-71)93-58)48(47(85)49(97-61)55(86)87)96-60-51(44(82)41(79)32(26-72)94-60)99-59-50(43(81)38(76)29(4)92-59)98-57-45(83)39(77)30(73)27-91-57/h13,15-16,29-36,38-54,57-62,71-74,76-85,89-90H,12,14,17-27H2,1-11H3,(H,86,87)/b16-15-,28-13-/t29-,30+,31+,32+,33-,34+,35-,36+,38-,39-,40-,41-,42-,43+,44-,45+,46+,47-,48-,49-,50+,51+,52+,53-,54-,57-,58-,59-,60-,61-,62-,65-,66+,67-,68-,69?,70+/m0/s1. The maximum Gasteiger partial charge on any atom is 0.335 e. The van der Waals surface area contributed by atoms with Gasteiger partial charge in [0.05, 0.1) is 43.0 Å². The predicted molar refractivity (Wildman–Crippen MR) is 344 cm³/mol. The van der Waals surface area contributed by atoms with Crippen molar-refractivity contribution in [3.63, 3.8) is 0 Å². The molecule has 33 heteroatoms. The summed E-state index contributed by atoms with van der Waals surface area (Å²) in [5.41, 5.74) is -7.26. The van der Waals surface area contributed by atoms with E-state index in [1.165, 1.54) is 13.0 Å². The lowest BCUT2D eigenvalue weighted by Gasteiger charge is -2.75. The Labute approximate surface area is 596 Å². The number of hydrogen-bond donors (Lipinski definition) is 17. The van der Waals surface area contributed by atoms with Crippen molar-refractivity contribution in [1.82, 2.24) is 0 Å². The van der Waals surface area contributed by atoms with Crippen LogP contribution in [0.3, 0.4) is 0 Å². The first-order valence-corrected chi connectivity index (χ1v) is 36.1. The SMILES string of the molecule is C/C=C(/C)C(=O)O[C@H]1[C@H](OC(=O)/C=C\CCC)[C@@]23[C@H](O)C[C@]4(C)[C@@](CC[C@@H]5[C@@]6(C)CCC(O)(O[C@@H]7O[C@H](C(=O)O)[C@@H](O)[C@H](O[C@@H]8O[C@H](CO)[C@H](O)[C@H](O)[C@H]8O[C@@H]8O[C@@H](C)[C@H](O)[C@@H](O)[C@H]8O[C@@H]8OC[C@@H](O)[C@H](O)[C@H]8O)[C@H]7O[C@@H]7O[C@H](CO)[C@H](O)[C@H](O)[C@H]7O)C(C)(C)[C@@H]6CC[C@]54C)(O[C@@H]2O)[C@@H]3CC1(C)C. The van der Waals surface area contributed by atoms with Gasteiger partial charge in [-0.25, -0.2) is 14.4 Å². The van der Waals surface area contributed by atoms with Gasteiger partial charge in [-0.05, 0) is 94.8 Å². The van der Waals surface area contributed by atoms with Gasteiger partial charge in [-0.3, -0.25) is 0 Å². The number of aliphatic carboxylic acids is 1. The summed E-state index contributed by atoms with van der Waals surface area (Å²) < 4.78 is 80.9. The van der Waals surface area contributed by atoms with Gasteiger partial charge in [0.1, 0.15) is 110 Å². The fourth-order valence-corrected chi connectivity index (χ4v) is 20.5. The molecule has 0 aromatic rings. The van der Waals surface area contributed by atoms with Gasteiger partial charge in [0.15, 0.2) is 55.7 Å². The summed E-state index contributed by atoms with van der Waals surface area (Å²) in [5.74, 6) is -7.04. The quantitative estimate of drug-likeness (QED) is 0.0270. The summed E-state index contributed by atoms with van der Waals surface area (Å²) in [6.45, 7) is 17.7. The van der Waals surface area contributed by atoms with Crippen LogP contribution in [0.5, 0.6) is 0 Å². The maximum absolute atomic E-state index is 14.0. The Kier molecular flexibility index (Phi) is 23.2. The summed E-state index contributed by atoms with van der Waals surface area (Å²) in [4.78, 5) is 41.3. The number of fused-ring (bicyclic) bond motifs is 4. The van der Waals surface area contributed by atoms with E-state index >= 15 is 0 Å². The molecular formula is C70H110O33. The maximum atomic E-state index is 14.0. The number of ether oxygens (including phenoxy) is 13. The van der Waals surface area contributed by atoms with E-state index in [2.05, 4.69) is 20.8 Å². The zero-order valence-electron chi connectivity index (χ0n) is 60.0. The van der Waals surface area contributed by atoms with Crippen LogP contribution in [0.1, 0.15) is 140 Å². The van der Waals surface area contributed by atoms with Crippen molar-refractivity contribution in [2.24, 2.45) is 50.2 Å². The van der Waals surface area contributed by atoms with Crippen LogP contribution >= 0.6 is 0 Å². The number of esters is 2. The van der Waals surface area contributed by atoms with Crippen molar-refractivity contribution in [3.05, 3.63) is 23.8 Å². The molecule has 6 aliphatic heterocycles. The molecule has 11 rings (SSSR count). The monoisotopic (exact) mass is 1480 g/mol. The second kappa shape index (κ2) is 29.6. The first-order chi connectivity index (χ1) is 48.2. The fourth-order valence-electron chi connectivity index (χ4n) is 20.5. The van der Waals surface area contributed by atoms with E-state index in [-0.39, 0.29) is 31.6 Å². The van der Waals surface area contributed by atoms with Crippen LogP contribution in [-0.4, -0.2) is 308 Å². The van der Waals surface area contributed by atoms with Crippen molar-refractivity contribution in [2.75, 3.05) is 19.8 Å². The van der Waals surface area contributed by atoms with Gasteiger partial charge in [-0.15, -0.1) is 0 Å². The van der Waals surface area contributed by atoms with Crippen LogP contribution in [0.2, 0.25) is 0 Å². The van der Waals surface area contributed by atoms with Crippen molar-refractivity contribution >= 4 is 17.9 Å². The van der Waals surface area contributed by atoms with E-state index in [0.29, 0.717) is 37.7 Å². The van der Waals surface area contributed by atoms with Gasteiger partial charge in [0.25, 0.3) is 0 Å². The summed E-state index contributed by atoms with van der Waals surface area (Å²) >= 11 is 0. The highest BCUT2D eigenvalue weighted by molar-refractivity contribution is 5.88. The van der Waals surface area contributed by atoms with Crippen LogP contribution in [-0.2, 0) is 76.0 Å². The summed E-state index contributed by atoms with van der Waals surface area (Å²) in [6, 6.07) is 0. The first kappa shape index (κ1) is 80.8. The van der Waals surface area contributed by atoms with Crippen LogP contribution in [0.4, 0.5) is 0 Å². The molecule has 6 heterocycles. The molecule has 5 saturated carbocycles. The van der Waals surface area contributed by atoms with Gasteiger partial charge in [0.2, 0.25) is 0 Å². The lowest BCUT2D eigenvalue weighted by Crippen LogP contribution is -2.77. The third-order valence-corrected chi connectivity index (χ3v) is 26.6. The van der Waals surface area contributed by atoms with Crippen LogP contribution in [0.25, 0.3) is 0 Å². The zero-order valence-corrected chi connectivity index (χ0v) is 60.0. The van der Waals surface area contributed by atoms with E-state index in [0.717, 1.165) is 6.42 Å². The van der Waals surface area contributed by atoms with Crippen molar-refractivity contribution in [3.8, 4) is 0 Å². The second-order valence-corrected chi connectivity index (χ2v) is 32.7. The van der Waals surface area contributed by atoms with Crippen LogP contribution in [0.15, 0.2) is 23.8 Å². The molecule has 17 N–H and O–H groups in total. The topological polar surface area (TPSA) is 515 Å². The lowest BCUT2D eigenvalue weighted by molar-refractivity contribution is -0.435. The van der Waals surface area contributed by atoms with Gasteiger partial charge in [0, 0.05) is 40.2 Å². The Bertz CT molecular complexity index is 3080. The average molecular weight is 1480 g/mol. The molecule has 2 bridgehead atoms. The highest BCUT2D eigenvalue weighted by atomic mass is 16.8. The average Bonchev–Trinajstić information content (AvgIpc) is 1.53. The molecule has 588 valence electrons. The molecule has 1 spiro atoms. The summed E-state index contributed by atoms with van der Waals surface area (Å²) in [5, 5.41) is 195. The number of aliphatic hydroxyl groups excluding tert-OH is 15. The molecule has 0 amide bonds. The normalized spacial score (nSPS) is 52.5. The molecule has 0 aromatic carbocycles. The van der Waals surface area contributed by atoms with E-state index in [4.69, 9.17) is 61.6 Å². The second-order valence-electron chi connectivity index (χ2n) is 32.7. The fraction of sp³-hybridized carbons (Fsp3) is 0.900. The minimum Gasteiger partial charge on any atom is -0.479 e. The molecule has 0 radical (unpaired) electrons. The van der Waals surface area contributed by atoms with Gasteiger partial charge >= 0.3 is 17.9 Å². The van der Waals surface area contributed by atoms with E-state index in [1.807, 2.05) is 20.8 Å². The summed E-state index contributed by atoms with van der Waals surface area (Å²) in [6.07, 6.45) is -46.4. The first-order valence-electron chi connectivity index (χ1n) is 36.1. The highest BCUT2D eigenvalue weighted by Crippen LogP contribution is 2.82. The molecule has 37 atom stereocenters. The molecule has 5 aliphatic carbocycles. The third kappa shape index (κ3) is 13.0. The summed E-state index contributed by atoms with van der Waals surface area (Å²) in [7, 11) is 0. The number of carbonyl (C=O) groups is 3. The minimum absolute atomic E-state index is 0.0575. The van der Waals surface area contributed by atoms with Crippen molar-refractivity contribution < 1.29 is 163 Å². The molecular weight excluding hydrogens is 1370 g/mol. The lowest BCUT2D eigenvalue weighted by atomic mass is 9.30. The molecule has 1 unspecified atom stereocenters. The molecule has 11 aliphatic rings. The smallest absolute Gasteiger partial charge is 0.335 e. The van der Waals surface area contributed by atoms with Crippen LogP contribution in [0, 0.1) is 50.2 Å².